The molecule has 0 unspecified atom stereocenters. The second-order valence-corrected chi connectivity index (χ2v) is 3.00. The van der Waals surface area contributed by atoms with E-state index >= 15 is 0 Å². The third kappa shape index (κ3) is 2.53. The molecule has 0 bridgehead atoms. The summed E-state index contributed by atoms with van der Waals surface area (Å²) in [6.45, 7) is -0.278. The summed E-state index contributed by atoms with van der Waals surface area (Å²) in [5.74, 6) is -0.0285. The van der Waals surface area contributed by atoms with Crippen molar-refractivity contribution in [2.24, 2.45) is 5.92 Å². The molecule has 1 N–H and O–H groups in total. The fourth-order valence-electron chi connectivity index (χ4n) is 1.50. The van der Waals surface area contributed by atoms with Crippen LogP contribution in [0.25, 0.3) is 0 Å². The summed E-state index contributed by atoms with van der Waals surface area (Å²) in [6.07, 6.45) is 2.55. The Bertz CT molecular complexity index is 181. The summed E-state index contributed by atoms with van der Waals surface area (Å²) >= 11 is 0. The van der Waals surface area contributed by atoms with Gasteiger partial charge in [0.25, 0.3) is 0 Å². The van der Waals surface area contributed by atoms with Crippen LogP contribution >= 0.6 is 0 Å². The van der Waals surface area contributed by atoms with Crippen LogP contribution in [-0.2, 0) is 9.53 Å². The molecule has 0 aromatic carbocycles. The molecule has 0 saturated heterocycles. The summed E-state index contributed by atoms with van der Waals surface area (Å²) in [5.41, 5.74) is 0. The minimum absolute atomic E-state index is 0.0457. The largest absolute Gasteiger partial charge is 0.506 e. The molecule has 68 valence electrons. The molecule has 1 aliphatic rings. The van der Waals surface area contributed by atoms with Crippen molar-refractivity contribution in [3.8, 4) is 0 Å². The second-order valence-electron chi connectivity index (χ2n) is 3.00. The zero-order valence-corrected chi connectivity index (χ0v) is 6.78. The third-order valence-electron chi connectivity index (χ3n) is 2.15. The van der Waals surface area contributed by atoms with Crippen LogP contribution in [0.5, 0.6) is 0 Å². The van der Waals surface area contributed by atoms with Crippen LogP contribution < -0.4 is 0 Å². The highest BCUT2D eigenvalue weighted by Gasteiger charge is 2.23. The van der Waals surface area contributed by atoms with Crippen molar-refractivity contribution in [3.05, 3.63) is 0 Å². The molecule has 12 heavy (non-hydrogen) atoms. The van der Waals surface area contributed by atoms with E-state index in [0.29, 0.717) is 0 Å². The normalized spacial score (nSPS) is 17.7. The van der Waals surface area contributed by atoms with Gasteiger partial charge in [0, 0.05) is 5.92 Å². The van der Waals surface area contributed by atoms with Gasteiger partial charge in [-0.1, -0.05) is 12.8 Å². The standard InChI is InChI=1S/C8H12O4/c9-7(5-12-8(10)11)6-3-1-2-4-6/h6H,1-5H2,(H,10,11). The summed E-state index contributed by atoms with van der Waals surface area (Å²) in [7, 11) is 0. The van der Waals surface area contributed by atoms with Gasteiger partial charge in [0.05, 0.1) is 0 Å². The van der Waals surface area contributed by atoms with Gasteiger partial charge in [0.2, 0.25) is 0 Å². The molecule has 0 spiro atoms. The van der Waals surface area contributed by atoms with Crippen LogP contribution in [0.1, 0.15) is 25.7 Å². The zero-order chi connectivity index (χ0) is 8.97. The van der Waals surface area contributed by atoms with E-state index in [1.165, 1.54) is 0 Å². The minimum atomic E-state index is -1.37. The molecule has 0 atom stereocenters. The van der Waals surface area contributed by atoms with Gasteiger partial charge < -0.3 is 9.84 Å². The SMILES string of the molecule is O=C(O)OCC(=O)C1CCCC1. The molecule has 1 fully saturated rings. The van der Waals surface area contributed by atoms with Crippen LogP contribution in [0.2, 0.25) is 0 Å². The molecule has 4 heteroatoms. The molecule has 0 aromatic rings. The number of carbonyl (C=O) groups is 2. The van der Waals surface area contributed by atoms with Gasteiger partial charge in [-0.15, -0.1) is 0 Å². The van der Waals surface area contributed by atoms with Crippen molar-refractivity contribution in [1.82, 2.24) is 0 Å². The van der Waals surface area contributed by atoms with Gasteiger partial charge in [-0.25, -0.2) is 4.79 Å². The van der Waals surface area contributed by atoms with E-state index in [9.17, 15) is 9.59 Å². The molecule has 1 aliphatic carbocycles. The first-order valence-electron chi connectivity index (χ1n) is 4.08. The topological polar surface area (TPSA) is 63.6 Å². The predicted octanol–water partition coefficient (Wildman–Crippen LogP) is 1.44. The Balaban J connectivity index is 2.23. The first-order chi connectivity index (χ1) is 5.70. The van der Waals surface area contributed by atoms with E-state index in [-0.39, 0.29) is 18.3 Å². The average molecular weight is 172 g/mol. The van der Waals surface area contributed by atoms with E-state index in [2.05, 4.69) is 4.74 Å². The summed E-state index contributed by atoms with van der Waals surface area (Å²) in [4.78, 5) is 21.1. The zero-order valence-electron chi connectivity index (χ0n) is 6.78. The second kappa shape index (κ2) is 4.09. The summed E-state index contributed by atoms with van der Waals surface area (Å²) < 4.78 is 4.18. The lowest BCUT2D eigenvalue weighted by Crippen LogP contribution is -2.19. The number of ketones is 1. The lowest BCUT2D eigenvalue weighted by molar-refractivity contribution is -0.126. The smallest absolute Gasteiger partial charge is 0.450 e. The maximum Gasteiger partial charge on any atom is 0.506 e. The summed E-state index contributed by atoms with van der Waals surface area (Å²) in [5, 5.41) is 8.13. The number of carboxylic acid groups (broad SMARTS) is 1. The van der Waals surface area contributed by atoms with Crippen molar-refractivity contribution in [2.75, 3.05) is 6.61 Å². The van der Waals surface area contributed by atoms with E-state index in [1.807, 2.05) is 0 Å². The van der Waals surface area contributed by atoms with Crippen LogP contribution in [-0.4, -0.2) is 23.7 Å². The lowest BCUT2D eigenvalue weighted by atomic mass is 10.0. The predicted molar refractivity (Wildman–Crippen MR) is 40.9 cm³/mol. The Hall–Kier alpha value is -1.06. The third-order valence-corrected chi connectivity index (χ3v) is 2.15. The van der Waals surface area contributed by atoms with Gasteiger partial charge in [0.1, 0.15) is 0 Å². The minimum Gasteiger partial charge on any atom is -0.450 e. The van der Waals surface area contributed by atoms with Gasteiger partial charge in [-0.3, -0.25) is 4.79 Å². The monoisotopic (exact) mass is 172 g/mol. The number of Topliss-reactive ketones (excluding diaryl/α,β-unsaturated/α-hetero) is 1. The fourth-order valence-corrected chi connectivity index (χ4v) is 1.50. The molecule has 1 saturated carbocycles. The fraction of sp³-hybridized carbons (Fsp3) is 0.750. The lowest BCUT2D eigenvalue weighted by Gasteiger charge is -2.05. The Labute approximate surface area is 70.5 Å². The molecule has 0 aliphatic heterocycles. The van der Waals surface area contributed by atoms with Crippen LogP contribution in [0, 0.1) is 5.92 Å². The first-order valence-corrected chi connectivity index (χ1v) is 4.08. The molecule has 0 heterocycles. The van der Waals surface area contributed by atoms with E-state index in [1.54, 1.807) is 0 Å². The highest BCUT2D eigenvalue weighted by atomic mass is 16.7. The maximum atomic E-state index is 11.2. The van der Waals surface area contributed by atoms with E-state index in [4.69, 9.17) is 5.11 Å². The molecule has 0 aromatic heterocycles. The van der Waals surface area contributed by atoms with Crippen LogP contribution in [0.4, 0.5) is 4.79 Å². The van der Waals surface area contributed by atoms with Crippen LogP contribution in [0.3, 0.4) is 0 Å². The Morgan fingerprint density at radius 1 is 1.33 bits per heavy atom. The molecular formula is C8H12O4. The molecule has 0 radical (unpaired) electrons. The molecule has 1 rings (SSSR count). The molecular weight excluding hydrogens is 160 g/mol. The molecule has 0 amide bonds. The van der Waals surface area contributed by atoms with Gasteiger partial charge in [0.15, 0.2) is 12.4 Å². The van der Waals surface area contributed by atoms with Crippen molar-refractivity contribution in [1.29, 1.82) is 0 Å². The number of hydrogen-bond donors (Lipinski definition) is 1. The highest BCUT2D eigenvalue weighted by molar-refractivity contribution is 5.83. The van der Waals surface area contributed by atoms with Crippen molar-refractivity contribution in [3.63, 3.8) is 0 Å². The van der Waals surface area contributed by atoms with Gasteiger partial charge >= 0.3 is 6.16 Å². The van der Waals surface area contributed by atoms with Crippen molar-refractivity contribution in [2.45, 2.75) is 25.7 Å². The Morgan fingerprint density at radius 2 is 1.92 bits per heavy atom. The Morgan fingerprint density at radius 3 is 2.42 bits per heavy atom. The Kier molecular flexibility index (Phi) is 3.08. The number of ether oxygens (including phenoxy) is 1. The average Bonchev–Trinajstić information content (AvgIpc) is 2.51. The number of hydrogen-bond acceptors (Lipinski definition) is 3. The number of rotatable bonds is 3. The number of carbonyl (C=O) groups excluding carboxylic acids is 1. The van der Waals surface area contributed by atoms with E-state index < -0.39 is 6.16 Å². The van der Waals surface area contributed by atoms with Gasteiger partial charge in [-0.2, -0.15) is 0 Å². The maximum absolute atomic E-state index is 11.2. The summed E-state index contributed by atoms with van der Waals surface area (Å²) in [6, 6.07) is 0. The highest BCUT2D eigenvalue weighted by Crippen LogP contribution is 2.25. The van der Waals surface area contributed by atoms with E-state index in [0.717, 1.165) is 25.7 Å². The van der Waals surface area contributed by atoms with Crippen LogP contribution in [0.15, 0.2) is 0 Å². The quantitative estimate of drug-likeness (QED) is 0.654. The molecule has 4 nitrogen and oxygen atoms in total. The first kappa shape index (κ1) is 9.03. The van der Waals surface area contributed by atoms with Crippen molar-refractivity contribution >= 4 is 11.9 Å². The van der Waals surface area contributed by atoms with Gasteiger partial charge in [-0.05, 0) is 12.8 Å². The van der Waals surface area contributed by atoms with Crippen molar-refractivity contribution < 1.29 is 19.4 Å².